The Kier molecular flexibility index (Phi) is 7.92. The van der Waals surface area contributed by atoms with Gasteiger partial charge in [-0.2, -0.15) is 0 Å². The highest BCUT2D eigenvalue weighted by atomic mass is 19.1. The van der Waals surface area contributed by atoms with Gasteiger partial charge in [0.1, 0.15) is 5.82 Å². The van der Waals surface area contributed by atoms with Crippen LogP contribution in [0, 0.1) is 12.7 Å². The Hall–Kier alpha value is -3.72. The molecule has 0 aromatic heterocycles. The Morgan fingerprint density at radius 3 is 2.57 bits per heavy atom. The maximum Gasteiger partial charge on any atom is 0.338 e. The van der Waals surface area contributed by atoms with Gasteiger partial charge >= 0.3 is 12.0 Å². The molecule has 0 saturated carbocycles. The molecule has 0 bridgehead atoms. The Labute approximate surface area is 216 Å². The van der Waals surface area contributed by atoms with Crippen LogP contribution in [0.1, 0.15) is 41.4 Å². The Balaban J connectivity index is 1.61. The van der Waals surface area contributed by atoms with Crippen LogP contribution in [-0.2, 0) is 9.53 Å². The lowest BCUT2D eigenvalue weighted by atomic mass is 9.91. The number of likely N-dealkylation sites (N-methyl/N-ethyl adjacent to an activating group) is 1. The highest BCUT2D eigenvalue weighted by Gasteiger charge is 2.39. The number of hydrogen-bond acceptors (Lipinski definition) is 5. The Bertz CT molecular complexity index is 1230. The lowest BCUT2D eigenvalue weighted by molar-refractivity contribution is -0.139. The van der Waals surface area contributed by atoms with Crippen LogP contribution in [0.2, 0.25) is 0 Å². The van der Waals surface area contributed by atoms with Crippen molar-refractivity contribution in [2.45, 2.75) is 32.9 Å². The van der Waals surface area contributed by atoms with Crippen LogP contribution in [0.15, 0.2) is 59.8 Å². The normalized spacial score (nSPS) is 20.6. The average molecular weight is 509 g/mol. The summed E-state index contributed by atoms with van der Waals surface area (Å²) in [6, 6.07) is 12.3. The molecule has 2 atom stereocenters. The number of benzene rings is 2. The number of esters is 1. The summed E-state index contributed by atoms with van der Waals surface area (Å²) in [5, 5.41) is 2.96. The maximum absolute atomic E-state index is 13.7. The monoisotopic (exact) mass is 508 g/mol. The van der Waals surface area contributed by atoms with Crippen molar-refractivity contribution in [1.29, 1.82) is 0 Å². The Morgan fingerprint density at radius 2 is 1.89 bits per heavy atom. The van der Waals surface area contributed by atoms with Crippen molar-refractivity contribution in [2.75, 3.05) is 39.8 Å². The van der Waals surface area contributed by atoms with Gasteiger partial charge in [-0.25, -0.2) is 14.0 Å². The summed E-state index contributed by atoms with van der Waals surface area (Å²) in [4.78, 5) is 44.5. The van der Waals surface area contributed by atoms with Crippen molar-refractivity contribution in [3.63, 3.8) is 0 Å². The molecule has 1 saturated heterocycles. The zero-order valence-corrected chi connectivity index (χ0v) is 21.7. The number of piperazine rings is 1. The lowest BCUT2D eigenvalue weighted by Crippen LogP contribution is -2.56. The lowest BCUT2D eigenvalue weighted by Gasteiger charge is -2.42. The van der Waals surface area contributed by atoms with E-state index < -0.39 is 17.8 Å². The molecule has 0 unspecified atom stereocenters. The van der Waals surface area contributed by atoms with Crippen LogP contribution in [0.4, 0.5) is 9.18 Å². The maximum atomic E-state index is 13.7. The summed E-state index contributed by atoms with van der Waals surface area (Å²) < 4.78 is 19.1. The molecule has 3 amide bonds. The van der Waals surface area contributed by atoms with E-state index in [0.29, 0.717) is 43.0 Å². The second-order valence-electron chi connectivity index (χ2n) is 9.47. The molecule has 2 aromatic rings. The third-order valence-electron chi connectivity index (χ3n) is 6.99. The van der Waals surface area contributed by atoms with Crippen molar-refractivity contribution >= 4 is 17.9 Å². The van der Waals surface area contributed by atoms with Gasteiger partial charge in [-0.3, -0.25) is 14.6 Å². The zero-order valence-electron chi connectivity index (χ0n) is 21.7. The van der Waals surface area contributed by atoms with Gasteiger partial charge in [0.25, 0.3) is 5.91 Å². The molecular weight excluding hydrogens is 475 g/mol. The summed E-state index contributed by atoms with van der Waals surface area (Å²) >= 11 is 0. The highest BCUT2D eigenvalue weighted by Crippen LogP contribution is 2.33. The van der Waals surface area contributed by atoms with E-state index >= 15 is 0 Å². The van der Waals surface area contributed by atoms with Crippen LogP contribution in [-0.4, -0.2) is 78.5 Å². The summed E-state index contributed by atoms with van der Waals surface area (Å²) in [5.41, 5.74) is 3.09. The van der Waals surface area contributed by atoms with Gasteiger partial charge < -0.3 is 15.0 Å². The van der Waals surface area contributed by atoms with Gasteiger partial charge in [-0.1, -0.05) is 30.3 Å². The molecule has 9 heteroatoms. The van der Waals surface area contributed by atoms with Crippen LogP contribution in [0.3, 0.4) is 0 Å². The number of carbonyl (C=O) groups is 3. The van der Waals surface area contributed by atoms with Gasteiger partial charge in [0, 0.05) is 50.5 Å². The first-order valence-corrected chi connectivity index (χ1v) is 12.5. The third kappa shape index (κ3) is 5.51. The molecule has 0 radical (unpaired) electrons. The number of rotatable bonds is 6. The fraction of sp³-hybridized carbons (Fsp3) is 0.393. The van der Waals surface area contributed by atoms with Gasteiger partial charge in [0.15, 0.2) is 0 Å². The number of carbonyl (C=O) groups excluding carboxylic acids is 3. The van der Waals surface area contributed by atoms with Gasteiger partial charge in [0.05, 0.1) is 18.2 Å². The van der Waals surface area contributed by atoms with Gasteiger partial charge in [0.2, 0.25) is 0 Å². The molecule has 37 heavy (non-hydrogen) atoms. The van der Waals surface area contributed by atoms with E-state index in [-0.39, 0.29) is 24.6 Å². The largest absolute Gasteiger partial charge is 0.463 e. The molecule has 2 aromatic carbocycles. The average Bonchev–Trinajstić information content (AvgIpc) is 2.87. The number of nitrogens with one attached hydrogen (secondary N) is 1. The van der Waals surface area contributed by atoms with Crippen molar-refractivity contribution in [3.05, 3.63) is 82.3 Å². The fourth-order valence-electron chi connectivity index (χ4n) is 5.02. The molecule has 2 aliphatic rings. The molecular formula is C28H33FN4O4. The van der Waals surface area contributed by atoms with E-state index in [4.69, 9.17) is 4.74 Å². The minimum atomic E-state index is -0.632. The van der Waals surface area contributed by atoms with Crippen molar-refractivity contribution < 1.29 is 23.5 Å². The number of aryl methyl sites for hydroxylation is 1. The second-order valence-corrected chi connectivity index (χ2v) is 9.47. The summed E-state index contributed by atoms with van der Waals surface area (Å²) in [5.74, 6) is -1.13. The molecule has 1 N–H and O–H groups in total. The zero-order chi connectivity index (χ0) is 26.7. The van der Waals surface area contributed by atoms with E-state index in [1.165, 1.54) is 23.1 Å². The predicted molar refractivity (Wildman–Crippen MR) is 137 cm³/mol. The molecule has 8 nitrogen and oxygen atoms in total. The third-order valence-corrected chi connectivity index (χ3v) is 6.99. The molecule has 196 valence electrons. The number of halogens is 1. The van der Waals surface area contributed by atoms with E-state index in [1.807, 2.05) is 38.1 Å². The SMILES string of the molecule is CCOC(=O)C1=C(CN2CCN(C(=O)c3cccc(F)c3)[C@H](C)C2)N(C)C(=O)N[C@@H]1c1ccccc1C. The number of amides is 3. The first-order chi connectivity index (χ1) is 17.7. The molecule has 4 rings (SSSR count). The van der Waals surface area contributed by atoms with E-state index in [0.717, 1.165) is 11.1 Å². The van der Waals surface area contributed by atoms with Crippen molar-refractivity contribution in [1.82, 2.24) is 20.0 Å². The molecule has 1 fully saturated rings. The number of hydrogen-bond donors (Lipinski definition) is 1. The summed E-state index contributed by atoms with van der Waals surface area (Å²) in [6.45, 7) is 7.70. The van der Waals surface area contributed by atoms with E-state index in [1.54, 1.807) is 24.9 Å². The highest BCUT2D eigenvalue weighted by molar-refractivity contribution is 5.95. The van der Waals surface area contributed by atoms with E-state index in [9.17, 15) is 18.8 Å². The summed E-state index contributed by atoms with van der Waals surface area (Å²) in [7, 11) is 1.64. The summed E-state index contributed by atoms with van der Waals surface area (Å²) in [6.07, 6.45) is 0. The molecule has 2 aliphatic heterocycles. The first kappa shape index (κ1) is 26.3. The predicted octanol–water partition coefficient (Wildman–Crippen LogP) is 3.49. The smallest absolute Gasteiger partial charge is 0.338 e. The van der Waals surface area contributed by atoms with Crippen LogP contribution in [0.5, 0.6) is 0 Å². The minimum Gasteiger partial charge on any atom is -0.463 e. The number of urea groups is 1. The van der Waals surface area contributed by atoms with Gasteiger partial charge in [-0.05, 0) is 50.1 Å². The standard InChI is InChI=1S/C28H33FN4O4/c1-5-37-27(35)24-23(31(4)28(36)30-25(24)22-12-7-6-9-18(22)2)17-32-13-14-33(19(3)16-32)26(34)20-10-8-11-21(29)15-20/h6-12,15,19,25H,5,13-14,16-17H2,1-4H3,(H,30,36)/t19-,25-/m1/s1. The van der Waals surface area contributed by atoms with Gasteiger partial charge in [-0.15, -0.1) is 0 Å². The van der Waals surface area contributed by atoms with E-state index in [2.05, 4.69) is 10.2 Å². The van der Waals surface area contributed by atoms with Crippen molar-refractivity contribution in [2.24, 2.45) is 0 Å². The van der Waals surface area contributed by atoms with Crippen LogP contribution in [0.25, 0.3) is 0 Å². The second kappa shape index (κ2) is 11.1. The fourth-order valence-corrected chi connectivity index (χ4v) is 5.02. The molecule has 0 aliphatic carbocycles. The topological polar surface area (TPSA) is 82.2 Å². The van der Waals surface area contributed by atoms with Crippen LogP contribution >= 0.6 is 0 Å². The number of nitrogens with zero attached hydrogens (tertiary/aromatic N) is 3. The Morgan fingerprint density at radius 1 is 1.14 bits per heavy atom. The molecule has 2 heterocycles. The first-order valence-electron chi connectivity index (χ1n) is 12.5. The number of ether oxygens (including phenoxy) is 1. The quantitative estimate of drug-likeness (QED) is 0.604. The molecule has 0 spiro atoms. The minimum absolute atomic E-state index is 0.147. The van der Waals surface area contributed by atoms with Crippen molar-refractivity contribution in [3.8, 4) is 0 Å². The van der Waals surface area contributed by atoms with Crippen LogP contribution < -0.4 is 5.32 Å².